The number of carbonyl (C=O) groups is 3. The number of ether oxygens (including phenoxy) is 1. The highest BCUT2D eigenvalue weighted by atomic mass is 16.6. The molecule has 19 heavy (non-hydrogen) atoms. The molecule has 1 aliphatic heterocycles. The Morgan fingerprint density at radius 1 is 1.32 bits per heavy atom. The van der Waals surface area contributed by atoms with E-state index in [9.17, 15) is 14.4 Å². The molecule has 0 saturated carbocycles. The largest absolute Gasteiger partial charge is 0.481 e. The van der Waals surface area contributed by atoms with Crippen LogP contribution in [0.2, 0.25) is 0 Å². The highest BCUT2D eigenvalue weighted by Gasteiger charge is 2.32. The van der Waals surface area contributed by atoms with Crippen LogP contribution >= 0.6 is 0 Å². The Bertz CT molecular complexity index is 339. The first-order chi connectivity index (χ1) is 9.01. The lowest BCUT2D eigenvalue weighted by Gasteiger charge is -2.38. The maximum absolute atomic E-state index is 11.5. The van der Waals surface area contributed by atoms with Gasteiger partial charge in [0.15, 0.2) is 0 Å². The summed E-state index contributed by atoms with van der Waals surface area (Å²) in [4.78, 5) is 36.7. The number of carboxylic acids is 1. The molecule has 1 fully saturated rings. The fourth-order valence-electron chi connectivity index (χ4n) is 2.13. The van der Waals surface area contributed by atoms with E-state index in [-0.39, 0.29) is 12.1 Å². The molecule has 0 aliphatic carbocycles. The molecule has 7 heteroatoms. The van der Waals surface area contributed by atoms with Crippen LogP contribution in [-0.2, 0) is 14.3 Å². The second kappa shape index (κ2) is 7.08. The summed E-state index contributed by atoms with van der Waals surface area (Å²) in [5.74, 6) is -2.15. The van der Waals surface area contributed by atoms with Crippen molar-refractivity contribution in [1.29, 1.82) is 0 Å². The summed E-state index contributed by atoms with van der Waals surface area (Å²) in [5.41, 5.74) is 0. The standard InChI is InChI=1S/C12H20N2O5/c1-3-19-12(18)14-6-4-13(5-7-14)9(2)10(8-15)11(16)17/h8-10H,3-7H2,1-2H3,(H,16,17). The number of aliphatic carboxylic acids is 1. The molecule has 1 heterocycles. The Morgan fingerprint density at radius 3 is 2.32 bits per heavy atom. The molecule has 0 bridgehead atoms. The van der Waals surface area contributed by atoms with Gasteiger partial charge in [0, 0.05) is 32.2 Å². The van der Waals surface area contributed by atoms with Crippen molar-refractivity contribution in [2.75, 3.05) is 32.8 Å². The van der Waals surface area contributed by atoms with E-state index in [1.807, 2.05) is 4.90 Å². The van der Waals surface area contributed by atoms with Gasteiger partial charge in [-0.1, -0.05) is 0 Å². The van der Waals surface area contributed by atoms with Gasteiger partial charge in [-0.3, -0.25) is 9.69 Å². The Hall–Kier alpha value is -1.63. The van der Waals surface area contributed by atoms with Crippen molar-refractivity contribution in [1.82, 2.24) is 9.80 Å². The number of piperazine rings is 1. The zero-order chi connectivity index (χ0) is 14.4. The normalized spacial score (nSPS) is 19.6. The Kier molecular flexibility index (Phi) is 5.75. The summed E-state index contributed by atoms with van der Waals surface area (Å²) in [6.45, 7) is 5.84. The predicted octanol–water partition coefficient (Wildman–Crippen LogP) is 0.0487. The minimum absolute atomic E-state index is 0.335. The molecule has 2 atom stereocenters. The fraction of sp³-hybridized carbons (Fsp3) is 0.750. The Balaban J connectivity index is 2.51. The van der Waals surface area contributed by atoms with Crippen LogP contribution < -0.4 is 0 Å². The molecule has 7 nitrogen and oxygen atoms in total. The van der Waals surface area contributed by atoms with Crippen molar-refractivity contribution >= 4 is 18.3 Å². The zero-order valence-corrected chi connectivity index (χ0v) is 11.2. The number of rotatable bonds is 5. The van der Waals surface area contributed by atoms with Gasteiger partial charge in [-0.15, -0.1) is 0 Å². The molecular weight excluding hydrogens is 252 g/mol. The first kappa shape index (κ1) is 15.4. The Morgan fingerprint density at radius 2 is 1.89 bits per heavy atom. The van der Waals surface area contributed by atoms with E-state index in [0.717, 1.165) is 0 Å². The number of carboxylic acid groups (broad SMARTS) is 1. The maximum atomic E-state index is 11.5. The zero-order valence-electron chi connectivity index (χ0n) is 11.2. The smallest absolute Gasteiger partial charge is 0.409 e. The van der Waals surface area contributed by atoms with Crippen molar-refractivity contribution in [2.24, 2.45) is 5.92 Å². The van der Waals surface area contributed by atoms with Gasteiger partial charge in [-0.2, -0.15) is 0 Å². The van der Waals surface area contributed by atoms with Crippen LogP contribution in [0.1, 0.15) is 13.8 Å². The summed E-state index contributed by atoms with van der Waals surface area (Å²) in [6.07, 6.45) is 0.116. The Labute approximate surface area is 112 Å². The van der Waals surface area contributed by atoms with Gasteiger partial charge in [0.2, 0.25) is 0 Å². The van der Waals surface area contributed by atoms with E-state index in [2.05, 4.69) is 0 Å². The number of carbonyl (C=O) groups excluding carboxylic acids is 2. The lowest BCUT2D eigenvalue weighted by atomic mass is 10.0. The number of aldehydes is 1. The third kappa shape index (κ3) is 3.92. The van der Waals surface area contributed by atoms with Crippen molar-refractivity contribution in [2.45, 2.75) is 19.9 Å². The molecule has 108 valence electrons. The summed E-state index contributed by atoms with van der Waals surface area (Å²) >= 11 is 0. The summed E-state index contributed by atoms with van der Waals surface area (Å²) in [6, 6.07) is -0.376. The van der Waals surface area contributed by atoms with Crippen LogP contribution in [0.25, 0.3) is 0 Å². The van der Waals surface area contributed by atoms with Gasteiger partial charge in [0.1, 0.15) is 12.2 Å². The predicted molar refractivity (Wildman–Crippen MR) is 66.8 cm³/mol. The minimum Gasteiger partial charge on any atom is -0.481 e. The summed E-state index contributed by atoms with van der Waals surface area (Å²) in [7, 11) is 0. The average molecular weight is 272 g/mol. The van der Waals surface area contributed by atoms with Crippen LogP contribution in [-0.4, -0.2) is 72.1 Å². The second-order valence-electron chi connectivity index (χ2n) is 4.46. The van der Waals surface area contributed by atoms with Gasteiger partial charge < -0.3 is 19.5 Å². The first-order valence-electron chi connectivity index (χ1n) is 6.35. The van der Waals surface area contributed by atoms with Crippen LogP contribution in [0, 0.1) is 5.92 Å². The van der Waals surface area contributed by atoms with Gasteiger partial charge in [0.25, 0.3) is 0 Å². The number of hydrogen-bond acceptors (Lipinski definition) is 5. The highest BCUT2D eigenvalue weighted by molar-refractivity contribution is 5.87. The average Bonchev–Trinajstić information content (AvgIpc) is 2.39. The van der Waals surface area contributed by atoms with Crippen molar-refractivity contribution in [3.63, 3.8) is 0 Å². The van der Waals surface area contributed by atoms with E-state index in [0.29, 0.717) is 39.1 Å². The van der Waals surface area contributed by atoms with Gasteiger partial charge in [-0.05, 0) is 13.8 Å². The lowest BCUT2D eigenvalue weighted by Crippen LogP contribution is -2.54. The van der Waals surface area contributed by atoms with Crippen LogP contribution in [0.5, 0.6) is 0 Å². The van der Waals surface area contributed by atoms with Crippen molar-refractivity contribution in [3.05, 3.63) is 0 Å². The summed E-state index contributed by atoms with van der Waals surface area (Å²) < 4.78 is 4.90. The quantitative estimate of drug-likeness (QED) is 0.562. The number of amides is 1. The van der Waals surface area contributed by atoms with Gasteiger partial charge in [-0.25, -0.2) is 4.79 Å². The molecule has 1 aliphatic rings. The van der Waals surface area contributed by atoms with E-state index in [1.165, 1.54) is 0 Å². The van der Waals surface area contributed by atoms with Gasteiger partial charge in [0.05, 0.1) is 6.61 Å². The SMILES string of the molecule is CCOC(=O)N1CCN(C(C)C(C=O)C(=O)O)CC1. The molecule has 0 radical (unpaired) electrons. The van der Waals surface area contributed by atoms with Crippen LogP contribution in [0.15, 0.2) is 0 Å². The third-order valence-corrected chi connectivity index (χ3v) is 3.37. The fourth-order valence-corrected chi connectivity index (χ4v) is 2.13. The molecule has 1 N–H and O–H groups in total. The molecule has 0 aromatic rings. The van der Waals surface area contributed by atoms with E-state index in [4.69, 9.17) is 9.84 Å². The molecule has 0 spiro atoms. The van der Waals surface area contributed by atoms with E-state index in [1.54, 1.807) is 18.7 Å². The first-order valence-corrected chi connectivity index (χ1v) is 6.35. The monoisotopic (exact) mass is 272 g/mol. The minimum atomic E-state index is -1.12. The van der Waals surface area contributed by atoms with Crippen molar-refractivity contribution < 1.29 is 24.2 Å². The van der Waals surface area contributed by atoms with Crippen molar-refractivity contribution in [3.8, 4) is 0 Å². The molecule has 0 aromatic heterocycles. The molecule has 1 rings (SSSR count). The summed E-state index contributed by atoms with van der Waals surface area (Å²) in [5, 5.41) is 8.94. The molecule has 1 saturated heterocycles. The third-order valence-electron chi connectivity index (χ3n) is 3.37. The van der Waals surface area contributed by atoms with Crippen LogP contribution in [0.4, 0.5) is 4.79 Å². The topological polar surface area (TPSA) is 87.2 Å². The molecule has 0 aromatic carbocycles. The highest BCUT2D eigenvalue weighted by Crippen LogP contribution is 2.13. The van der Waals surface area contributed by atoms with Crippen LogP contribution in [0.3, 0.4) is 0 Å². The maximum Gasteiger partial charge on any atom is 0.409 e. The van der Waals surface area contributed by atoms with Gasteiger partial charge >= 0.3 is 12.1 Å². The second-order valence-corrected chi connectivity index (χ2v) is 4.46. The number of hydrogen-bond donors (Lipinski definition) is 1. The molecular formula is C12H20N2O5. The molecule has 1 amide bonds. The van der Waals surface area contributed by atoms with E-state index < -0.39 is 11.9 Å². The molecule has 2 unspecified atom stereocenters. The van der Waals surface area contributed by atoms with E-state index >= 15 is 0 Å². The number of nitrogens with zero attached hydrogens (tertiary/aromatic N) is 2. The lowest BCUT2D eigenvalue weighted by molar-refractivity contribution is -0.146.